The number of nitrogens with one attached hydrogen (secondary N) is 1. The van der Waals surface area contributed by atoms with E-state index in [2.05, 4.69) is 44.0 Å². The number of hydrogen-bond acceptors (Lipinski definition) is 4. The minimum Gasteiger partial charge on any atom is -0.493 e. The summed E-state index contributed by atoms with van der Waals surface area (Å²) in [5, 5.41) is 3.34. The Morgan fingerprint density at radius 1 is 1.25 bits per heavy atom. The molecule has 4 heteroatoms. The summed E-state index contributed by atoms with van der Waals surface area (Å²) in [5.74, 6) is 0.965. The first-order chi connectivity index (χ1) is 11.3. The van der Waals surface area contributed by atoms with Gasteiger partial charge in [0, 0.05) is 44.7 Å². The van der Waals surface area contributed by atoms with Gasteiger partial charge in [-0.15, -0.1) is 0 Å². The molecule has 134 valence electrons. The number of aryl methyl sites for hydroxylation is 1. The highest BCUT2D eigenvalue weighted by molar-refractivity contribution is 5.99. The molecule has 0 radical (unpaired) electrons. The van der Waals surface area contributed by atoms with Crippen molar-refractivity contribution in [2.24, 2.45) is 0 Å². The lowest BCUT2D eigenvalue weighted by Crippen LogP contribution is -2.44. The van der Waals surface area contributed by atoms with Crippen molar-refractivity contribution in [3.63, 3.8) is 0 Å². The molecule has 0 saturated carbocycles. The van der Waals surface area contributed by atoms with E-state index < -0.39 is 0 Å². The number of piperazine rings is 1. The van der Waals surface area contributed by atoms with Gasteiger partial charge in [-0.25, -0.2) is 0 Å². The molecule has 1 aliphatic rings. The standard InChI is InChI=1S/C20H32N2O2/c1-6-24-19-16(13-15(2)14-17(19)20(3,4)5)18(23)7-10-22-11-8-21-9-12-22/h13-14,21H,6-12H2,1-5H3. The van der Waals surface area contributed by atoms with E-state index in [0.717, 1.165) is 55.2 Å². The number of rotatable bonds is 6. The van der Waals surface area contributed by atoms with Crippen molar-refractivity contribution in [1.82, 2.24) is 10.2 Å². The molecule has 2 rings (SSSR count). The Hall–Kier alpha value is -1.39. The molecular weight excluding hydrogens is 300 g/mol. The maximum Gasteiger partial charge on any atom is 0.167 e. The topological polar surface area (TPSA) is 41.6 Å². The van der Waals surface area contributed by atoms with Crippen molar-refractivity contribution in [3.05, 3.63) is 28.8 Å². The highest BCUT2D eigenvalue weighted by Crippen LogP contribution is 2.36. The summed E-state index contributed by atoms with van der Waals surface area (Å²) >= 11 is 0. The van der Waals surface area contributed by atoms with Gasteiger partial charge < -0.3 is 15.0 Å². The predicted molar refractivity (Wildman–Crippen MR) is 99.3 cm³/mol. The lowest BCUT2D eigenvalue weighted by atomic mass is 9.83. The fourth-order valence-electron chi connectivity index (χ4n) is 3.17. The lowest BCUT2D eigenvalue weighted by molar-refractivity contribution is 0.0956. The molecular formula is C20H32N2O2. The van der Waals surface area contributed by atoms with E-state index in [1.54, 1.807) is 0 Å². The van der Waals surface area contributed by atoms with Crippen LogP contribution in [0.2, 0.25) is 0 Å². The van der Waals surface area contributed by atoms with Crippen molar-refractivity contribution in [2.45, 2.75) is 46.5 Å². The van der Waals surface area contributed by atoms with Crippen molar-refractivity contribution >= 4 is 5.78 Å². The molecule has 4 nitrogen and oxygen atoms in total. The number of benzene rings is 1. The summed E-state index contributed by atoms with van der Waals surface area (Å²) in [6.45, 7) is 16.0. The molecule has 0 atom stereocenters. The maximum absolute atomic E-state index is 12.9. The largest absolute Gasteiger partial charge is 0.493 e. The van der Waals surface area contributed by atoms with Gasteiger partial charge in [-0.3, -0.25) is 4.79 Å². The van der Waals surface area contributed by atoms with E-state index in [1.807, 2.05) is 13.0 Å². The van der Waals surface area contributed by atoms with Gasteiger partial charge in [0.2, 0.25) is 0 Å². The third-order valence-corrected chi connectivity index (χ3v) is 4.50. The summed E-state index contributed by atoms with van der Waals surface area (Å²) in [5.41, 5.74) is 2.94. The molecule has 0 spiro atoms. The number of carbonyl (C=O) groups excluding carboxylic acids is 1. The molecule has 0 aromatic heterocycles. The molecule has 1 N–H and O–H groups in total. The van der Waals surface area contributed by atoms with Gasteiger partial charge in [0.15, 0.2) is 5.78 Å². The van der Waals surface area contributed by atoms with E-state index in [1.165, 1.54) is 0 Å². The Balaban J connectivity index is 2.23. The van der Waals surface area contributed by atoms with Crippen LogP contribution in [0.15, 0.2) is 12.1 Å². The summed E-state index contributed by atoms with van der Waals surface area (Å²) in [6, 6.07) is 4.14. The van der Waals surface area contributed by atoms with E-state index in [0.29, 0.717) is 13.0 Å². The molecule has 1 heterocycles. The Labute approximate surface area is 146 Å². The Morgan fingerprint density at radius 2 is 1.92 bits per heavy atom. The molecule has 0 unspecified atom stereocenters. The summed E-state index contributed by atoms with van der Waals surface area (Å²) in [7, 11) is 0. The van der Waals surface area contributed by atoms with Crippen LogP contribution in [0.5, 0.6) is 5.75 Å². The summed E-state index contributed by atoms with van der Waals surface area (Å²) in [6.07, 6.45) is 0.549. The second-order valence-corrected chi connectivity index (χ2v) is 7.64. The predicted octanol–water partition coefficient (Wildman–Crippen LogP) is 3.17. The first-order valence-electron chi connectivity index (χ1n) is 9.07. The molecule has 1 aliphatic heterocycles. The van der Waals surface area contributed by atoms with Crippen LogP contribution in [0.25, 0.3) is 0 Å². The van der Waals surface area contributed by atoms with Gasteiger partial charge >= 0.3 is 0 Å². The minimum atomic E-state index is -0.0515. The monoisotopic (exact) mass is 332 g/mol. The smallest absolute Gasteiger partial charge is 0.167 e. The van der Waals surface area contributed by atoms with Gasteiger partial charge in [0.25, 0.3) is 0 Å². The lowest BCUT2D eigenvalue weighted by Gasteiger charge is -2.27. The molecule has 24 heavy (non-hydrogen) atoms. The average molecular weight is 332 g/mol. The number of Topliss-reactive ketones (excluding diaryl/α,β-unsaturated/α-hetero) is 1. The third-order valence-electron chi connectivity index (χ3n) is 4.50. The van der Waals surface area contributed by atoms with Gasteiger partial charge in [-0.1, -0.05) is 26.8 Å². The van der Waals surface area contributed by atoms with Gasteiger partial charge in [-0.05, 0) is 30.9 Å². The van der Waals surface area contributed by atoms with Gasteiger partial charge in [0.1, 0.15) is 5.75 Å². The second-order valence-electron chi connectivity index (χ2n) is 7.64. The van der Waals surface area contributed by atoms with E-state index in [9.17, 15) is 4.79 Å². The van der Waals surface area contributed by atoms with E-state index in [4.69, 9.17) is 4.74 Å². The fraction of sp³-hybridized carbons (Fsp3) is 0.650. The fourth-order valence-corrected chi connectivity index (χ4v) is 3.17. The molecule has 1 saturated heterocycles. The summed E-state index contributed by atoms with van der Waals surface area (Å²) in [4.78, 5) is 15.2. The van der Waals surface area contributed by atoms with Crippen molar-refractivity contribution in [2.75, 3.05) is 39.3 Å². The average Bonchev–Trinajstić information content (AvgIpc) is 2.54. The molecule has 1 aromatic carbocycles. The highest BCUT2D eigenvalue weighted by atomic mass is 16.5. The molecule has 0 bridgehead atoms. The van der Waals surface area contributed by atoms with Crippen LogP contribution in [-0.2, 0) is 5.41 Å². The van der Waals surface area contributed by atoms with Crippen molar-refractivity contribution in [1.29, 1.82) is 0 Å². The van der Waals surface area contributed by atoms with Crippen molar-refractivity contribution in [3.8, 4) is 5.75 Å². The van der Waals surface area contributed by atoms with Crippen LogP contribution < -0.4 is 10.1 Å². The zero-order chi connectivity index (χ0) is 17.7. The summed E-state index contributed by atoms with van der Waals surface area (Å²) < 4.78 is 5.92. The van der Waals surface area contributed by atoms with Crippen LogP contribution >= 0.6 is 0 Å². The van der Waals surface area contributed by atoms with Crippen LogP contribution in [0.3, 0.4) is 0 Å². The number of ketones is 1. The van der Waals surface area contributed by atoms with Crippen LogP contribution in [0.4, 0.5) is 0 Å². The normalized spacial score (nSPS) is 16.2. The van der Waals surface area contributed by atoms with Crippen LogP contribution in [0.1, 0.15) is 55.6 Å². The SMILES string of the molecule is CCOc1c(C(=O)CCN2CCNCC2)cc(C)cc1C(C)(C)C. The van der Waals surface area contributed by atoms with Crippen molar-refractivity contribution < 1.29 is 9.53 Å². The Bertz CT molecular complexity index is 570. The first kappa shape index (κ1) is 18.9. The Kier molecular flexibility index (Phi) is 6.41. The third kappa shape index (κ3) is 4.81. The number of carbonyl (C=O) groups is 1. The van der Waals surface area contributed by atoms with Crippen LogP contribution in [0, 0.1) is 6.92 Å². The van der Waals surface area contributed by atoms with E-state index >= 15 is 0 Å². The van der Waals surface area contributed by atoms with Gasteiger partial charge in [0.05, 0.1) is 12.2 Å². The first-order valence-corrected chi connectivity index (χ1v) is 9.07. The molecule has 1 fully saturated rings. The Morgan fingerprint density at radius 3 is 2.50 bits per heavy atom. The number of ether oxygens (including phenoxy) is 1. The van der Waals surface area contributed by atoms with Crippen LogP contribution in [-0.4, -0.2) is 50.0 Å². The van der Waals surface area contributed by atoms with E-state index in [-0.39, 0.29) is 11.2 Å². The zero-order valence-electron chi connectivity index (χ0n) is 15.9. The number of nitrogens with zero attached hydrogens (tertiary/aromatic N) is 1. The zero-order valence-corrected chi connectivity index (χ0v) is 15.9. The molecule has 0 amide bonds. The highest BCUT2D eigenvalue weighted by Gasteiger charge is 2.25. The minimum absolute atomic E-state index is 0.0515. The molecule has 0 aliphatic carbocycles. The quantitative estimate of drug-likeness (QED) is 0.813. The molecule has 1 aromatic rings. The second kappa shape index (κ2) is 8.13. The maximum atomic E-state index is 12.9. The number of hydrogen-bond donors (Lipinski definition) is 1. The van der Waals surface area contributed by atoms with Gasteiger partial charge in [-0.2, -0.15) is 0 Å².